The monoisotopic (exact) mass is 296 g/mol. The summed E-state index contributed by atoms with van der Waals surface area (Å²) in [7, 11) is 0. The Balaban J connectivity index is 2.43. The van der Waals surface area contributed by atoms with Crippen LogP contribution >= 0.6 is 11.6 Å². The second kappa shape index (κ2) is 5.64. The molecule has 0 amide bonds. The number of benzene rings is 1. The van der Waals surface area contributed by atoms with Gasteiger partial charge in [0.05, 0.1) is 0 Å². The summed E-state index contributed by atoms with van der Waals surface area (Å²) in [6.07, 6.45) is -4.57. The zero-order valence-corrected chi connectivity index (χ0v) is 10.7. The Labute approximate surface area is 113 Å². The molecule has 1 N–H and O–H groups in total. The molecule has 0 bridgehead atoms. The van der Waals surface area contributed by atoms with Gasteiger partial charge < -0.3 is 5.32 Å². The van der Waals surface area contributed by atoms with Gasteiger partial charge in [-0.2, -0.15) is 13.2 Å². The molecule has 1 aromatic rings. The molecule has 0 spiro atoms. The fourth-order valence-corrected chi connectivity index (χ4v) is 2.53. The van der Waals surface area contributed by atoms with Crippen molar-refractivity contribution in [2.45, 2.75) is 12.2 Å². The Morgan fingerprint density at radius 3 is 2.37 bits per heavy atom. The highest BCUT2D eigenvalue weighted by Gasteiger charge is 2.47. The number of rotatable bonds is 2. The van der Waals surface area contributed by atoms with Gasteiger partial charge in [-0.25, -0.2) is 4.39 Å². The molecule has 0 aliphatic carbocycles. The quantitative estimate of drug-likeness (QED) is 0.844. The van der Waals surface area contributed by atoms with E-state index < -0.39 is 23.6 Å². The predicted octanol–water partition coefficient (Wildman–Crippen LogP) is 2.99. The third-order valence-electron chi connectivity index (χ3n) is 3.10. The summed E-state index contributed by atoms with van der Waals surface area (Å²) in [5.74, 6) is -0.923. The highest BCUT2D eigenvalue weighted by atomic mass is 35.5. The first-order valence-electron chi connectivity index (χ1n) is 5.86. The third-order valence-corrected chi connectivity index (χ3v) is 3.43. The fourth-order valence-electron chi connectivity index (χ4n) is 2.27. The number of nitrogens with one attached hydrogen (secondary N) is 1. The van der Waals surface area contributed by atoms with Crippen LogP contribution in [-0.2, 0) is 0 Å². The van der Waals surface area contributed by atoms with Crippen LogP contribution in [0, 0.1) is 5.82 Å². The van der Waals surface area contributed by atoms with Crippen molar-refractivity contribution in [2.75, 3.05) is 26.2 Å². The topological polar surface area (TPSA) is 15.3 Å². The van der Waals surface area contributed by atoms with Gasteiger partial charge in [-0.1, -0.05) is 17.7 Å². The first-order chi connectivity index (χ1) is 8.91. The van der Waals surface area contributed by atoms with E-state index in [4.69, 9.17) is 11.6 Å². The average Bonchev–Trinajstić information content (AvgIpc) is 2.33. The molecule has 1 fully saturated rings. The molecule has 1 aliphatic rings. The average molecular weight is 297 g/mol. The lowest BCUT2D eigenvalue weighted by molar-refractivity contribution is -0.188. The van der Waals surface area contributed by atoms with Crippen molar-refractivity contribution in [3.63, 3.8) is 0 Å². The van der Waals surface area contributed by atoms with E-state index in [1.165, 1.54) is 17.0 Å². The smallest absolute Gasteiger partial charge is 0.314 e. The van der Waals surface area contributed by atoms with Crippen molar-refractivity contribution in [1.82, 2.24) is 10.2 Å². The molecule has 0 aromatic heterocycles. The van der Waals surface area contributed by atoms with Crippen LogP contribution in [0.1, 0.15) is 11.6 Å². The van der Waals surface area contributed by atoms with Gasteiger partial charge in [0.15, 0.2) is 0 Å². The maximum absolute atomic E-state index is 13.8. The van der Waals surface area contributed by atoms with E-state index in [0.29, 0.717) is 13.1 Å². The number of hydrogen-bond acceptors (Lipinski definition) is 2. The summed E-state index contributed by atoms with van der Waals surface area (Å²) in [6.45, 7) is 1.29. The van der Waals surface area contributed by atoms with Gasteiger partial charge in [-0.05, 0) is 12.1 Å². The second-order valence-electron chi connectivity index (χ2n) is 4.37. The number of halogens is 5. The van der Waals surface area contributed by atoms with Crippen LogP contribution in [0.15, 0.2) is 18.2 Å². The highest BCUT2D eigenvalue weighted by Crippen LogP contribution is 2.41. The van der Waals surface area contributed by atoms with Gasteiger partial charge >= 0.3 is 6.18 Å². The molecule has 1 aromatic carbocycles. The Morgan fingerprint density at radius 1 is 1.21 bits per heavy atom. The van der Waals surface area contributed by atoms with Gasteiger partial charge in [0.25, 0.3) is 0 Å². The van der Waals surface area contributed by atoms with Gasteiger partial charge in [0.1, 0.15) is 11.9 Å². The predicted molar refractivity (Wildman–Crippen MR) is 64.6 cm³/mol. The maximum Gasteiger partial charge on any atom is 0.408 e. The van der Waals surface area contributed by atoms with Crippen LogP contribution in [0.4, 0.5) is 17.6 Å². The standard InChI is InChI=1S/C12H13ClF4N2/c13-8-2-1-3-9(14)10(8)11(12(15,16)17)19-6-4-18-5-7-19/h1-3,11,18H,4-7H2/t11-/m1/s1. The summed E-state index contributed by atoms with van der Waals surface area (Å²) in [5.41, 5.74) is -0.487. The molecule has 2 nitrogen and oxygen atoms in total. The van der Waals surface area contributed by atoms with Gasteiger partial charge in [0.2, 0.25) is 0 Å². The Bertz CT molecular complexity index is 424. The molecule has 19 heavy (non-hydrogen) atoms. The Hall–Kier alpha value is -0.850. The summed E-state index contributed by atoms with van der Waals surface area (Å²) in [5, 5.41) is 2.77. The zero-order chi connectivity index (χ0) is 14.0. The van der Waals surface area contributed by atoms with E-state index in [0.717, 1.165) is 6.07 Å². The SMILES string of the molecule is Fc1cccc(Cl)c1[C@@H](N1CCNCC1)C(F)(F)F. The minimum Gasteiger partial charge on any atom is -0.314 e. The van der Waals surface area contributed by atoms with Crippen molar-refractivity contribution in [1.29, 1.82) is 0 Å². The van der Waals surface area contributed by atoms with E-state index in [2.05, 4.69) is 5.32 Å². The Morgan fingerprint density at radius 2 is 1.84 bits per heavy atom. The third kappa shape index (κ3) is 3.19. The van der Waals surface area contributed by atoms with E-state index in [9.17, 15) is 17.6 Å². The molecule has 7 heteroatoms. The summed E-state index contributed by atoms with van der Waals surface area (Å²) >= 11 is 5.77. The van der Waals surface area contributed by atoms with Crippen LogP contribution in [0.5, 0.6) is 0 Å². The maximum atomic E-state index is 13.8. The lowest BCUT2D eigenvalue weighted by atomic mass is 10.0. The molecule has 1 heterocycles. The second-order valence-corrected chi connectivity index (χ2v) is 4.77. The number of piperazine rings is 1. The van der Waals surface area contributed by atoms with Crippen LogP contribution in [0.2, 0.25) is 5.02 Å². The molecule has 106 valence electrons. The summed E-state index contributed by atoms with van der Waals surface area (Å²) in [4.78, 5) is 1.21. The first-order valence-corrected chi connectivity index (χ1v) is 6.24. The van der Waals surface area contributed by atoms with Gasteiger partial charge in [-0.15, -0.1) is 0 Å². The van der Waals surface area contributed by atoms with Crippen molar-refractivity contribution in [2.24, 2.45) is 0 Å². The number of alkyl halides is 3. The van der Waals surface area contributed by atoms with Crippen molar-refractivity contribution >= 4 is 11.6 Å². The molecule has 0 radical (unpaired) electrons. The normalized spacial score (nSPS) is 19.4. The van der Waals surface area contributed by atoms with Gasteiger partial charge in [-0.3, -0.25) is 4.90 Å². The molecule has 1 atom stereocenters. The lowest BCUT2D eigenvalue weighted by Crippen LogP contribution is -2.49. The molecule has 1 aliphatic heterocycles. The summed E-state index contributed by atoms with van der Waals surface area (Å²) < 4.78 is 53.5. The van der Waals surface area contributed by atoms with E-state index in [-0.39, 0.29) is 18.1 Å². The molecule has 0 saturated carbocycles. The van der Waals surface area contributed by atoms with Crippen LogP contribution in [0.3, 0.4) is 0 Å². The minimum absolute atomic E-state index is 0.194. The Kier molecular flexibility index (Phi) is 4.32. The van der Waals surface area contributed by atoms with Crippen molar-refractivity contribution < 1.29 is 17.6 Å². The lowest BCUT2D eigenvalue weighted by Gasteiger charge is -2.36. The fraction of sp³-hybridized carbons (Fsp3) is 0.500. The molecule has 0 unspecified atom stereocenters. The van der Waals surface area contributed by atoms with Gasteiger partial charge in [0, 0.05) is 36.8 Å². The van der Waals surface area contributed by atoms with Crippen LogP contribution < -0.4 is 5.32 Å². The largest absolute Gasteiger partial charge is 0.408 e. The number of nitrogens with zero attached hydrogens (tertiary/aromatic N) is 1. The van der Waals surface area contributed by atoms with E-state index in [1.807, 2.05) is 0 Å². The molecule has 1 saturated heterocycles. The van der Waals surface area contributed by atoms with E-state index in [1.54, 1.807) is 0 Å². The first kappa shape index (κ1) is 14.6. The molecule has 2 rings (SSSR count). The zero-order valence-electron chi connectivity index (χ0n) is 9.97. The van der Waals surface area contributed by atoms with Crippen molar-refractivity contribution in [3.8, 4) is 0 Å². The molecular formula is C12H13ClF4N2. The van der Waals surface area contributed by atoms with Crippen LogP contribution in [0.25, 0.3) is 0 Å². The number of hydrogen-bond donors (Lipinski definition) is 1. The minimum atomic E-state index is -4.57. The van der Waals surface area contributed by atoms with E-state index >= 15 is 0 Å². The van der Waals surface area contributed by atoms with Crippen LogP contribution in [-0.4, -0.2) is 37.3 Å². The highest BCUT2D eigenvalue weighted by molar-refractivity contribution is 6.31. The molecular weight excluding hydrogens is 284 g/mol. The summed E-state index contributed by atoms with van der Waals surface area (Å²) in [6, 6.07) is 1.58. The van der Waals surface area contributed by atoms with Crippen molar-refractivity contribution in [3.05, 3.63) is 34.6 Å².